The summed E-state index contributed by atoms with van der Waals surface area (Å²) in [4.78, 5) is 24.6. The highest BCUT2D eigenvalue weighted by molar-refractivity contribution is 5.95. The fourth-order valence-electron chi connectivity index (χ4n) is 2.42. The summed E-state index contributed by atoms with van der Waals surface area (Å²) in [5.74, 6) is -2.70. The molecular formula is C13H15FN2O3. The van der Waals surface area contributed by atoms with Gasteiger partial charge in [0.05, 0.1) is 11.5 Å². The number of anilines is 1. The largest absolute Gasteiger partial charge is 0.481 e. The van der Waals surface area contributed by atoms with Crippen LogP contribution in [0.2, 0.25) is 0 Å². The molecule has 0 aromatic heterocycles. The average molecular weight is 266 g/mol. The molecular weight excluding hydrogens is 251 g/mol. The molecule has 1 aliphatic heterocycles. The Bertz CT molecular complexity index is 533. The maximum absolute atomic E-state index is 13.7. The van der Waals surface area contributed by atoms with Crippen molar-refractivity contribution in [3.63, 3.8) is 0 Å². The number of amides is 1. The lowest BCUT2D eigenvalue weighted by molar-refractivity contribution is -0.142. The SMILES string of the molecule is CC1C(C(=O)O)CCN1C(=O)c1ccc(N)cc1F. The van der Waals surface area contributed by atoms with Crippen LogP contribution in [0, 0.1) is 11.7 Å². The van der Waals surface area contributed by atoms with Gasteiger partial charge in [-0.05, 0) is 31.5 Å². The highest BCUT2D eigenvalue weighted by Crippen LogP contribution is 2.27. The Morgan fingerprint density at radius 3 is 2.68 bits per heavy atom. The van der Waals surface area contributed by atoms with Crippen molar-refractivity contribution >= 4 is 17.6 Å². The monoisotopic (exact) mass is 266 g/mol. The van der Waals surface area contributed by atoms with Crippen LogP contribution < -0.4 is 5.73 Å². The minimum atomic E-state index is -0.930. The van der Waals surface area contributed by atoms with E-state index in [0.717, 1.165) is 6.07 Å². The third-order valence-corrected chi connectivity index (χ3v) is 3.56. The van der Waals surface area contributed by atoms with Crippen LogP contribution in [0.3, 0.4) is 0 Å². The number of carboxylic acid groups (broad SMARTS) is 1. The number of hydrogen-bond donors (Lipinski definition) is 2. The standard InChI is InChI=1S/C13H15FN2O3/c1-7-9(13(18)19)4-5-16(7)12(17)10-3-2-8(15)6-11(10)14/h2-3,6-7,9H,4-5,15H2,1H3,(H,18,19). The summed E-state index contributed by atoms with van der Waals surface area (Å²) in [5, 5.41) is 9.02. The third kappa shape index (κ3) is 2.38. The molecule has 1 aliphatic rings. The van der Waals surface area contributed by atoms with Crippen LogP contribution in [-0.4, -0.2) is 34.5 Å². The molecule has 1 fully saturated rings. The molecule has 1 amide bonds. The molecule has 2 rings (SSSR count). The second kappa shape index (κ2) is 4.87. The fraction of sp³-hybridized carbons (Fsp3) is 0.385. The van der Waals surface area contributed by atoms with Crippen molar-refractivity contribution in [1.82, 2.24) is 4.90 Å². The van der Waals surface area contributed by atoms with E-state index >= 15 is 0 Å². The van der Waals surface area contributed by atoms with E-state index in [9.17, 15) is 14.0 Å². The Labute approximate surface area is 109 Å². The van der Waals surface area contributed by atoms with Gasteiger partial charge >= 0.3 is 5.97 Å². The Kier molecular flexibility index (Phi) is 3.42. The first-order valence-corrected chi connectivity index (χ1v) is 6.00. The molecule has 0 radical (unpaired) electrons. The zero-order valence-electron chi connectivity index (χ0n) is 10.5. The van der Waals surface area contributed by atoms with Gasteiger partial charge in [0.15, 0.2) is 0 Å². The Morgan fingerprint density at radius 1 is 1.47 bits per heavy atom. The van der Waals surface area contributed by atoms with Crippen LogP contribution in [0.4, 0.5) is 10.1 Å². The molecule has 0 bridgehead atoms. The number of likely N-dealkylation sites (tertiary alicyclic amines) is 1. The summed E-state index contributed by atoms with van der Waals surface area (Å²) in [7, 11) is 0. The van der Waals surface area contributed by atoms with Gasteiger partial charge in [-0.15, -0.1) is 0 Å². The zero-order valence-corrected chi connectivity index (χ0v) is 10.5. The van der Waals surface area contributed by atoms with Crippen molar-refractivity contribution in [3.8, 4) is 0 Å². The number of aliphatic carboxylic acids is 1. The predicted octanol–water partition coefficient (Wildman–Crippen LogP) is 1.34. The van der Waals surface area contributed by atoms with Gasteiger partial charge in [0.2, 0.25) is 0 Å². The highest BCUT2D eigenvalue weighted by Gasteiger charge is 2.38. The van der Waals surface area contributed by atoms with Crippen molar-refractivity contribution < 1.29 is 19.1 Å². The summed E-state index contributed by atoms with van der Waals surface area (Å²) < 4.78 is 13.7. The second-order valence-electron chi connectivity index (χ2n) is 4.71. The van der Waals surface area contributed by atoms with E-state index in [1.807, 2.05) is 0 Å². The number of nitrogen functional groups attached to an aromatic ring is 1. The zero-order chi connectivity index (χ0) is 14.2. The number of carbonyl (C=O) groups excluding carboxylic acids is 1. The number of halogens is 1. The normalized spacial score (nSPS) is 22.5. The first-order chi connectivity index (χ1) is 8.91. The number of benzene rings is 1. The maximum atomic E-state index is 13.7. The minimum absolute atomic E-state index is 0.0768. The summed E-state index contributed by atoms with van der Waals surface area (Å²) >= 11 is 0. The van der Waals surface area contributed by atoms with E-state index in [4.69, 9.17) is 10.8 Å². The Hall–Kier alpha value is -2.11. The molecule has 2 unspecified atom stereocenters. The molecule has 0 spiro atoms. The van der Waals surface area contributed by atoms with Gasteiger partial charge < -0.3 is 15.7 Å². The first-order valence-electron chi connectivity index (χ1n) is 6.00. The van der Waals surface area contributed by atoms with Gasteiger partial charge in [0.25, 0.3) is 5.91 Å². The van der Waals surface area contributed by atoms with E-state index in [2.05, 4.69) is 0 Å². The molecule has 2 atom stereocenters. The lowest BCUT2D eigenvalue weighted by Gasteiger charge is -2.23. The van der Waals surface area contributed by atoms with E-state index in [1.54, 1.807) is 6.92 Å². The van der Waals surface area contributed by atoms with Gasteiger partial charge in [-0.2, -0.15) is 0 Å². The minimum Gasteiger partial charge on any atom is -0.481 e. The van der Waals surface area contributed by atoms with Crippen molar-refractivity contribution in [2.45, 2.75) is 19.4 Å². The van der Waals surface area contributed by atoms with Crippen LogP contribution in [0.5, 0.6) is 0 Å². The molecule has 3 N–H and O–H groups in total. The first kappa shape index (κ1) is 13.3. The topological polar surface area (TPSA) is 83.6 Å². The molecule has 102 valence electrons. The molecule has 0 saturated carbocycles. The van der Waals surface area contributed by atoms with Gasteiger partial charge in [0, 0.05) is 18.3 Å². The number of nitrogens with two attached hydrogens (primary N) is 1. The predicted molar refractivity (Wildman–Crippen MR) is 67.1 cm³/mol. The molecule has 1 aromatic rings. The summed E-state index contributed by atoms with van der Waals surface area (Å²) in [6.45, 7) is 1.99. The van der Waals surface area contributed by atoms with Crippen molar-refractivity contribution in [1.29, 1.82) is 0 Å². The molecule has 1 heterocycles. The van der Waals surface area contributed by atoms with Crippen LogP contribution in [0.1, 0.15) is 23.7 Å². The summed E-state index contributed by atoms with van der Waals surface area (Å²) in [6.07, 6.45) is 0.388. The van der Waals surface area contributed by atoms with E-state index in [0.29, 0.717) is 13.0 Å². The molecule has 6 heteroatoms. The number of rotatable bonds is 2. The van der Waals surface area contributed by atoms with E-state index in [1.165, 1.54) is 17.0 Å². The Morgan fingerprint density at radius 2 is 2.16 bits per heavy atom. The molecule has 0 aliphatic carbocycles. The van der Waals surface area contributed by atoms with Gasteiger partial charge in [-0.3, -0.25) is 9.59 Å². The molecule has 1 aromatic carbocycles. The van der Waals surface area contributed by atoms with Gasteiger partial charge in [-0.25, -0.2) is 4.39 Å². The smallest absolute Gasteiger partial charge is 0.308 e. The van der Waals surface area contributed by atoms with Crippen molar-refractivity contribution in [2.24, 2.45) is 5.92 Å². The third-order valence-electron chi connectivity index (χ3n) is 3.56. The van der Waals surface area contributed by atoms with Crippen LogP contribution in [0.25, 0.3) is 0 Å². The highest BCUT2D eigenvalue weighted by atomic mass is 19.1. The van der Waals surface area contributed by atoms with Crippen molar-refractivity contribution in [3.05, 3.63) is 29.6 Å². The average Bonchev–Trinajstić information content (AvgIpc) is 2.70. The number of carbonyl (C=O) groups is 2. The maximum Gasteiger partial charge on any atom is 0.308 e. The van der Waals surface area contributed by atoms with Crippen LogP contribution in [-0.2, 0) is 4.79 Å². The van der Waals surface area contributed by atoms with Crippen LogP contribution in [0.15, 0.2) is 18.2 Å². The molecule has 5 nitrogen and oxygen atoms in total. The van der Waals surface area contributed by atoms with Gasteiger partial charge in [-0.1, -0.05) is 0 Å². The number of hydrogen-bond acceptors (Lipinski definition) is 3. The second-order valence-corrected chi connectivity index (χ2v) is 4.71. The van der Waals surface area contributed by atoms with E-state index < -0.39 is 29.7 Å². The number of nitrogens with zero attached hydrogens (tertiary/aromatic N) is 1. The van der Waals surface area contributed by atoms with Crippen molar-refractivity contribution in [2.75, 3.05) is 12.3 Å². The lowest BCUT2D eigenvalue weighted by Crippen LogP contribution is -2.38. The van der Waals surface area contributed by atoms with Gasteiger partial charge in [0.1, 0.15) is 5.82 Å². The summed E-state index contributed by atoms with van der Waals surface area (Å²) in [5.41, 5.74) is 5.59. The molecule has 1 saturated heterocycles. The Balaban J connectivity index is 2.23. The quantitative estimate of drug-likeness (QED) is 0.791. The fourth-order valence-corrected chi connectivity index (χ4v) is 2.42. The number of carboxylic acids is 1. The van der Waals surface area contributed by atoms with Crippen LogP contribution >= 0.6 is 0 Å². The van der Waals surface area contributed by atoms with E-state index in [-0.39, 0.29) is 11.3 Å². The molecule has 19 heavy (non-hydrogen) atoms. The summed E-state index contributed by atoms with van der Waals surface area (Å²) in [6, 6.07) is 3.42. The lowest BCUT2D eigenvalue weighted by atomic mass is 10.0.